The Morgan fingerprint density at radius 2 is 0.961 bits per heavy atom. The van der Waals surface area contributed by atoms with E-state index in [9.17, 15) is 0 Å². The van der Waals surface area contributed by atoms with Gasteiger partial charge in [0, 0.05) is 58.3 Å². The van der Waals surface area contributed by atoms with E-state index in [1.54, 1.807) is 0 Å². The van der Waals surface area contributed by atoms with Crippen LogP contribution in [-0.4, -0.2) is 9.13 Å². The van der Waals surface area contributed by atoms with Gasteiger partial charge < -0.3 is 9.13 Å². The summed E-state index contributed by atoms with van der Waals surface area (Å²) in [5.74, 6) is 0. The zero-order valence-corrected chi connectivity index (χ0v) is 28.7. The van der Waals surface area contributed by atoms with Gasteiger partial charge in [0.05, 0.1) is 16.6 Å². The van der Waals surface area contributed by atoms with E-state index in [0.29, 0.717) is 0 Å². The van der Waals surface area contributed by atoms with Crippen LogP contribution in [0.5, 0.6) is 0 Å². The van der Waals surface area contributed by atoms with Gasteiger partial charge in [-0.15, -0.1) is 11.3 Å². The number of hydrogen-bond donors (Lipinski definition) is 0. The molecule has 0 saturated carbocycles. The highest BCUT2D eigenvalue weighted by atomic mass is 32.1. The molecule has 0 radical (unpaired) electrons. The molecular weight excluding hydrogens is 637 g/mol. The first-order valence-corrected chi connectivity index (χ1v) is 18.6. The van der Waals surface area contributed by atoms with Crippen LogP contribution in [-0.2, 0) is 0 Å². The van der Waals surface area contributed by atoms with Crippen LogP contribution in [0.25, 0.3) is 98.7 Å². The van der Waals surface area contributed by atoms with Gasteiger partial charge in [-0.05, 0) is 102 Å². The molecule has 1 aliphatic carbocycles. The molecule has 0 amide bonds. The minimum atomic E-state index is 1.06. The van der Waals surface area contributed by atoms with E-state index in [2.05, 4.69) is 179 Å². The second-order valence-electron chi connectivity index (χ2n) is 13.6. The summed E-state index contributed by atoms with van der Waals surface area (Å²) >= 11 is 1.88. The number of aromatic nitrogens is 2. The maximum atomic E-state index is 2.46. The SMILES string of the molecule is C1=c2c(n(-c3ccc(-c4ccc5c(c4)sc4ccccc45)cc3)c3ccc(-c4ccc5c(c4)c4ccccc4n5-c4ccccc4)cc23)=CCC1. The molecule has 3 heteroatoms. The third-order valence-electron chi connectivity index (χ3n) is 10.8. The molecule has 7 aromatic carbocycles. The molecule has 10 aromatic rings. The average molecular weight is 669 g/mol. The Morgan fingerprint density at radius 3 is 1.80 bits per heavy atom. The molecule has 3 heterocycles. The largest absolute Gasteiger partial charge is 0.310 e. The summed E-state index contributed by atoms with van der Waals surface area (Å²) in [5, 5.41) is 9.19. The first-order chi connectivity index (χ1) is 25.3. The molecule has 0 unspecified atom stereocenters. The van der Waals surface area contributed by atoms with Gasteiger partial charge in [0.1, 0.15) is 0 Å². The van der Waals surface area contributed by atoms with Crippen LogP contribution in [0.15, 0.2) is 158 Å². The molecule has 51 heavy (non-hydrogen) atoms. The molecule has 0 atom stereocenters. The van der Waals surface area contributed by atoms with Crippen molar-refractivity contribution in [2.75, 3.05) is 0 Å². The van der Waals surface area contributed by atoms with Gasteiger partial charge in [-0.25, -0.2) is 0 Å². The number of rotatable bonds is 4. The van der Waals surface area contributed by atoms with E-state index in [0.717, 1.165) is 12.8 Å². The van der Waals surface area contributed by atoms with Crippen LogP contribution < -0.4 is 10.6 Å². The zero-order chi connectivity index (χ0) is 33.5. The van der Waals surface area contributed by atoms with E-state index < -0.39 is 0 Å². The fourth-order valence-electron chi connectivity index (χ4n) is 8.37. The molecule has 2 nitrogen and oxygen atoms in total. The standard InChI is InChI=1S/C48H32N2S/c1-2-10-35(11-3-1)49-43-15-7-4-12-37(43)41-28-32(21-26-45(41)49)33-22-27-46-42(29-33)38-13-5-8-16-44(38)50(46)36-23-18-31(19-24-36)34-20-25-40-39-14-6-9-17-47(39)51-48(40)30-34/h1-4,6-7,9-30H,5,8H2. The summed E-state index contributed by atoms with van der Waals surface area (Å²) < 4.78 is 7.52. The third kappa shape index (κ3) is 4.42. The predicted molar refractivity (Wildman–Crippen MR) is 219 cm³/mol. The summed E-state index contributed by atoms with van der Waals surface area (Å²) in [6, 6.07) is 58.2. The maximum absolute atomic E-state index is 2.46. The molecule has 11 rings (SSSR count). The Bertz CT molecular complexity index is 3120. The molecule has 240 valence electrons. The van der Waals surface area contributed by atoms with Gasteiger partial charge in [0.15, 0.2) is 0 Å². The molecular formula is C48H32N2S. The molecule has 0 fully saturated rings. The van der Waals surface area contributed by atoms with Crippen molar-refractivity contribution in [1.82, 2.24) is 9.13 Å². The summed E-state index contributed by atoms with van der Waals surface area (Å²) in [6.45, 7) is 0. The average Bonchev–Trinajstić information content (AvgIpc) is 3.85. The molecule has 0 N–H and O–H groups in total. The molecule has 1 aliphatic rings. The van der Waals surface area contributed by atoms with Crippen molar-refractivity contribution in [3.05, 3.63) is 168 Å². The van der Waals surface area contributed by atoms with Crippen LogP contribution in [0.3, 0.4) is 0 Å². The number of fused-ring (bicyclic) bond motifs is 9. The Labute approximate surface area is 299 Å². The number of benzene rings is 7. The number of nitrogens with zero attached hydrogens (tertiary/aromatic N) is 2. The van der Waals surface area contributed by atoms with E-state index in [1.807, 2.05) is 11.3 Å². The fourth-order valence-corrected chi connectivity index (χ4v) is 9.52. The van der Waals surface area contributed by atoms with Gasteiger partial charge in [-0.2, -0.15) is 0 Å². The van der Waals surface area contributed by atoms with Crippen LogP contribution in [0, 0.1) is 0 Å². The molecule has 3 aromatic heterocycles. The first-order valence-electron chi connectivity index (χ1n) is 17.7. The summed E-state index contributed by atoms with van der Waals surface area (Å²) in [4.78, 5) is 0. The highest BCUT2D eigenvalue weighted by Gasteiger charge is 2.16. The lowest BCUT2D eigenvalue weighted by Crippen LogP contribution is -2.30. The molecule has 0 spiro atoms. The number of thiophene rings is 1. The van der Waals surface area contributed by atoms with Crippen LogP contribution in [0.2, 0.25) is 0 Å². The van der Waals surface area contributed by atoms with Crippen molar-refractivity contribution >= 4 is 76.4 Å². The lowest BCUT2D eigenvalue weighted by atomic mass is 10.0. The Hall–Kier alpha value is -6.16. The summed E-state index contributed by atoms with van der Waals surface area (Å²) in [7, 11) is 0. The van der Waals surface area contributed by atoms with Crippen molar-refractivity contribution in [2.24, 2.45) is 0 Å². The lowest BCUT2D eigenvalue weighted by Gasteiger charge is -2.10. The van der Waals surface area contributed by atoms with Crippen LogP contribution >= 0.6 is 11.3 Å². The third-order valence-corrected chi connectivity index (χ3v) is 11.9. The zero-order valence-electron chi connectivity index (χ0n) is 27.9. The minimum Gasteiger partial charge on any atom is -0.310 e. The van der Waals surface area contributed by atoms with E-state index in [1.165, 1.54) is 97.1 Å². The van der Waals surface area contributed by atoms with Crippen molar-refractivity contribution in [3.8, 4) is 33.6 Å². The topological polar surface area (TPSA) is 9.86 Å². The Morgan fingerprint density at radius 1 is 0.373 bits per heavy atom. The maximum Gasteiger partial charge on any atom is 0.0541 e. The van der Waals surface area contributed by atoms with Crippen molar-refractivity contribution < 1.29 is 0 Å². The number of hydrogen-bond acceptors (Lipinski definition) is 1. The van der Waals surface area contributed by atoms with Crippen molar-refractivity contribution in [3.63, 3.8) is 0 Å². The van der Waals surface area contributed by atoms with E-state index >= 15 is 0 Å². The molecule has 0 saturated heterocycles. The Balaban J connectivity index is 1.01. The number of para-hydroxylation sites is 2. The van der Waals surface area contributed by atoms with E-state index in [-0.39, 0.29) is 0 Å². The van der Waals surface area contributed by atoms with Crippen molar-refractivity contribution in [2.45, 2.75) is 12.8 Å². The van der Waals surface area contributed by atoms with Crippen LogP contribution in [0.1, 0.15) is 12.8 Å². The van der Waals surface area contributed by atoms with Gasteiger partial charge in [-0.3, -0.25) is 0 Å². The second-order valence-corrected chi connectivity index (χ2v) is 14.7. The lowest BCUT2D eigenvalue weighted by molar-refractivity contribution is 1.02. The highest BCUT2D eigenvalue weighted by Crippen LogP contribution is 2.38. The fraction of sp³-hybridized carbons (Fsp3) is 0.0417. The Kier molecular flexibility index (Phi) is 6.28. The van der Waals surface area contributed by atoms with Gasteiger partial charge in [0.2, 0.25) is 0 Å². The smallest absolute Gasteiger partial charge is 0.0541 e. The molecule has 0 bridgehead atoms. The second kappa shape index (κ2) is 11.2. The van der Waals surface area contributed by atoms with Crippen LogP contribution in [0.4, 0.5) is 0 Å². The monoisotopic (exact) mass is 668 g/mol. The minimum absolute atomic E-state index is 1.06. The normalized spacial score (nSPS) is 12.9. The summed E-state index contributed by atoms with van der Waals surface area (Å²) in [6.07, 6.45) is 6.98. The van der Waals surface area contributed by atoms with Gasteiger partial charge in [0.25, 0.3) is 0 Å². The predicted octanol–water partition coefficient (Wildman–Crippen LogP) is 11.8. The van der Waals surface area contributed by atoms with Gasteiger partial charge in [-0.1, -0.05) is 103 Å². The van der Waals surface area contributed by atoms with E-state index in [4.69, 9.17) is 0 Å². The van der Waals surface area contributed by atoms with Gasteiger partial charge >= 0.3 is 0 Å². The highest BCUT2D eigenvalue weighted by molar-refractivity contribution is 7.25. The summed E-state index contributed by atoms with van der Waals surface area (Å²) in [5.41, 5.74) is 11.1. The quantitative estimate of drug-likeness (QED) is 0.177. The molecule has 0 aliphatic heterocycles. The first kappa shape index (κ1) is 28.7. The van der Waals surface area contributed by atoms with Crippen molar-refractivity contribution in [1.29, 1.82) is 0 Å².